The summed E-state index contributed by atoms with van der Waals surface area (Å²) in [6.45, 7) is 1.84. The van der Waals surface area contributed by atoms with Crippen LogP contribution in [0.1, 0.15) is 5.56 Å². The van der Waals surface area contributed by atoms with Gasteiger partial charge in [0.2, 0.25) is 5.95 Å². The second kappa shape index (κ2) is 9.27. The molecule has 0 aliphatic rings. The molecule has 0 spiro atoms. The Bertz CT molecular complexity index is 794. The zero-order valence-electron chi connectivity index (χ0n) is 14.7. The molecule has 0 aliphatic carbocycles. The van der Waals surface area contributed by atoms with Crippen molar-refractivity contribution in [2.75, 3.05) is 30.9 Å². The van der Waals surface area contributed by atoms with Crippen molar-refractivity contribution in [1.82, 2.24) is 9.97 Å². The van der Waals surface area contributed by atoms with Gasteiger partial charge in [-0.05, 0) is 35.9 Å². The van der Waals surface area contributed by atoms with E-state index in [1.807, 2.05) is 48.5 Å². The minimum Gasteiger partial charge on any atom is -0.497 e. The molecule has 134 valence electrons. The Balaban J connectivity index is 1.43. The molecular formula is C20H22N4O2. The molecule has 0 atom stereocenters. The Morgan fingerprint density at radius 1 is 0.885 bits per heavy atom. The van der Waals surface area contributed by atoms with E-state index >= 15 is 0 Å². The number of rotatable bonds is 9. The van der Waals surface area contributed by atoms with E-state index < -0.39 is 0 Å². The molecule has 6 heteroatoms. The zero-order valence-corrected chi connectivity index (χ0v) is 14.7. The molecule has 1 aromatic heterocycles. The maximum Gasteiger partial charge on any atom is 0.224 e. The summed E-state index contributed by atoms with van der Waals surface area (Å²) in [6, 6.07) is 19.5. The molecule has 0 fully saturated rings. The first-order valence-corrected chi connectivity index (χ1v) is 8.45. The maximum absolute atomic E-state index is 5.67. The van der Waals surface area contributed by atoms with Gasteiger partial charge in [0.1, 0.15) is 23.9 Å². The van der Waals surface area contributed by atoms with Crippen LogP contribution in [0.3, 0.4) is 0 Å². The monoisotopic (exact) mass is 350 g/mol. The number of ether oxygens (including phenoxy) is 2. The molecule has 0 radical (unpaired) electrons. The fourth-order valence-corrected chi connectivity index (χ4v) is 2.33. The molecule has 1 heterocycles. The fraction of sp³-hybridized carbons (Fsp3) is 0.200. The molecule has 0 aliphatic heterocycles. The lowest BCUT2D eigenvalue weighted by Crippen LogP contribution is -2.14. The van der Waals surface area contributed by atoms with Gasteiger partial charge < -0.3 is 20.1 Å². The van der Waals surface area contributed by atoms with Crippen molar-refractivity contribution in [3.63, 3.8) is 0 Å². The lowest BCUT2D eigenvalue weighted by atomic mass is 10.2. The van der Waals surface area contributed by atoms with Crippen LogP contribution in [0.4, 0.5) is 11.8 Å². The summed E-state index contributed by atoms with van der Waals surface area (Å²) in [6.07, 6.45) is 1.73. The van der Waals surface area contributed by atoms with Gasteiger partial charge in [-0.1, -0.05) is 30.3 Å². The summed E-state index contributed by atoms with van der Waals surface area (Å²) < 4.78 is 10.8. The molecule has 2 aromatic carbocycles. The van der Waals surface area contributed by atoms with E-state index in [1.165, 1.54) is 5.56 Å². The van der Waals surface area contributed by atoms with Gasteiger partial charge in [-0.15, -0.1) is 0 Å². The zero-order chi connectivity index (χ0) is 18.0. The van der Waals surface area contributed by atoms with Crippen LogP contribution in [-0.4, -0.2) is 30.2 Å². The third-order valence-corrected chi connectivity index (χ3v) is 3.69. The van der Waals surface area contributed by atoms with Crippen molar-refractivity contribution < 1.29 is 9.47 Å². The number of anilines is 2. The number of benzene rings is 2. The highest BCUT2D eigenvalue weighted by molar-refractivity contribution is 5.40. The highest BCUT2D eigenvalue weighted by Gasteiger charge is 2.00. The molecular weight excluding hydrogens is 328 g/mol. The Kier molecular flexibility index (Phi) is 6.25. The van der Waals surface area contributed by atoms with Gasteiger partial charge in [0.05, 0.1) is 13.7 Å². The first-order chi connectivity index (χ1) is 12.8. The van der Waals surface area contributed by atoms with Crippen LogP contribution in [0.5, 0.6) is 11.5 Å². The fourth-order valence-electron chi connectivity index (χ4n) is 2.33. The number of hydrogen-bond acceptors (Lipinski definition) is 6. The van der Waals surface area contributed by atoms with Crippen LogP contribution in [0.15, 0.2) is 66.9 Å². The predicted molar refractivity (Wildman–Crippen MR) is 103 cm³/mol. The minimum atomic E-state index is 0.511. The van der Waals surface area contributed by atoms with Crippen molar-refractivity contribution in [1.29, 1.82) is 0 Å². The highest BCUT2D eigenvalue weighted by Crippen LogP contribution is 2.16. The lowest BCUT2D eigenvalue weighted by molar-refractivity contribution is 0.331. The quantitative estimate of drug-likeness (QED) is 0.575. The summed E-state index contributed by atoms with van der Waals surface area (Å²) in [5, 5.41) is 6.46. The molecule has 6 nitrogen and oxygen atoms in total. The first kappa shape index (κ1) is 17.5. The summed E-state index contributed by atoms with van der Waals surface area (Å²) >= 11 is 0. The number of nitrogens with one attached hydrogen (secondary N) is 2. The molecule has 0 bridgehead atoms. The molecule has 0 saturated carbocycles. The molecule has 0 unspecified atom stereocenters. The van der Waals surface area contributed by atoms with E-state index in [9.17, 15) is 0 Å². The topological polar surface area (TPSA) is 68.3 Å². The summed E-state index contributed by atoms with van der Waals surface area (Å²) in [7, 11) is 1.64. The van der Waals surface area contributed by atoms with Crippen molar-refractivity contribution in [2.45, 2.75) is 6.54 Å². The molecule has 3 aromatic rings. The third-order valence-electron chi connectivity index (χ3n) is 3.69. The van der Waals surface area contributed by atoms with E-state index in [1.54, 1.807) is 13.3 Å². The van der Waals surface area contributed by atoms with Gasteiger partial charge in [0, 0.05) is 12.7 Å². The largest absolute Gasteiger partial charge is 0.497 e. The second-order valence-electron chi connectivity index (χ2n) is 5.56. The van der Waals surface area contributed by atoms with Gasteiger partial charge in [0.15, 0.2) is 0 Å². The average molecular weight is 350 g/mol. The van der Waals surface area contributed by atoms with E-state index in [0.717, 1.165) is 23.9 Å². The number of hydrogen-bond donors (Lipinski definition) is 2. The van der Waals surface area contributed by atoms with Crippen LogP contribution < -0.4 is 20.1 Å². The standard InChI is InChI=1S/C20H22N4O2/c1-25-17-7-9-18(10-8-17)26-14-13-22-20-21-12-11-19(24-20)23-15-16-5-3-2-4-6-16/h2-12H,13-15H2,1H3,(H2,21,22,23,24). The molecule has 2 N–H and O–H groups in total. The average Bonchev–Trinajstić information content (AvgIpc) is 2.71. The normalized spacial score (nSPS) is 10.2. The highest BCUT2D eigenvalue weighted by atomic mass is 16.5. The van der Waals surface area contributed by atoms with Gasteiger partial charge in [-0.25, -0.2) is 4.98 Å². The van der Waals surface area contributed by atoms with Crippen molar-refractivity contribution >= 4 is 11.8 Å². The van der Waals surface area contributed by atoms with Crippen molar-refractivity contribution in [3.05, 3.63) is 72.4 Å². The van der Waals surface area contributed by atoms with Crippen LogP contribution in [0, 0.1) is 0 Å². The van der Waals surface area contributed by atoms with Crippen molar-refractivity contribution in [3.8, 4) is 11.5 Å². The lowest BCUT2D eigenvalue weighted by Gasteiger charge is -2.10. The van der Waals surface area contributed by atoms with Crippen LogP contribution in [-0.2, 0) is 6.54 Å². The number of methoxy groups -OCH3 is 1. The van der Waals surface area contributed by atoms with E-state index in [4.69, 9.17) is 9.47 Å². The number of aromatic nitrogens is 2. The van der Waals surface area contributed by atoms with E-state index in [-0.39, 0.29) is 0 Å². The van der Waals surface area contributed by atoms with Gasteiger partial charge in [-0.3, -0.25) is 0 Å². The summed E-state index contributed by atoms with van der Waals surface area (Å²) in [4.78, 5) is 8.68. The summed E-state index contributed by atoms with van der Waals surface area (Å²) in [5.41, 5.74) is 1.20. The Hall–Kier alpha value is -3.28. The van der Waals surface area contributed by atoms with Gasteiger partial charge in [-0.2, -0.15) is 4.98 Å². The Morgan fingerprint density at radius 3 is 2.42 bits per heavy atom. The van der Waals surface area contributed by atoms with E-state index in [0.29, 0.717) is 19.1 Å². The summed E-state index contributed by atoms with van der Waals surface area (Å²) in [5.74, 6) is 2.96. The number of nitrogens with zero attached hydrogens (tertiary/aromatic N) is 2. The Morgan fingerprint density at radius 2 is 1.65 bits per heavy atom. The van der Waals surface area contributed by atoms with Crippen LogP contribution in [0.25, 0.3) is 0 Å². The third kappa shape index (κ3) is 5.37. The van der Waals surface area contributed by atoms with Crippen LogP contribution >= 0.6 is 0 Å². The van der Waals surface area contributed by atoms with E-state index in [2.05, 4.69) is 32.7 Å². The van der Waals surface area contributed by atoms with Crippen molar-refractivity contribution in [2.24, 2.45) is 0 Å². The molecule has 0 saturated heterocycles. The first-order valence-electron chi connectivity index (χ1n) is 8.45. The smallest absolute Gasteiger partial charge is 0.224 e. The molecule has 0 amide bonds. The predicted octanol–water partition coefficient (Wildman–Crippen LogP) is 3.59. The van der Waals surface area contributed by atoms with Crippen LogP contribution in [0.2, 0.25) is 0 Å². The van der Waals surface area contributed by atoms with Gasteiger partial charge >= 0.3 is 0 Å². The SMILES string of the molecule is COc1ccc(OCCNc2nccc(NCc3ccccc3)n2)cc1. The second-order valence-corrected chi connectivity index (χ2v) is 5.56. The Labute approximate surface area is 153 Å². The van der Waals surface area contributed by atoms with Gasteiger partial charge in [0.25, 0.3) is 0 Å². The molecule has 3 rings (SSSR count). The minimum absolute atomic E-state index is 0.511. The molecule has 26 heavy (non-hydrogen) atoms. The maximum atomic E-state index is 5.67.